The van der Waals surface area contributed by atoms with Gasteiger partial charge in [-0.05, 0) is 56.1 Å². The van der Waals surface area contributed by atoms with Gasteiger partial charge in [-0.2, -0.15) is 0 Å². The smallest absolute Gasteiger partial charge is 0.240 e. The van der Waals surface area contributed by atoms with E-state index in [0.717, 1.165) is 24.2 Å². The molecule has 0 amide bonds. The molecule has 0 aliphatic rings. The molecule has 0 atom stereocenters. The molecule has 0 fully saturated rings. The van der Waals surface area contributed by atoms with Crippen molar-refractivity contribution in [1.29, 1.82) is 0 Å². The maximum atomic E-state index is 12.9. The van der Waals surface area contributed by atoms with Gasteiger partial charge in [-0.15, -0.1) is 0 Å². The van der Waals surface area contributed by atoms with E-state index in [-0.39, 0.29) is 11.4 Å². The van der Waals surface area contributed by atoms with Crippen LogP contribution in [-0.2, 0) is 16.6 Å². The number of ether oxygens (including phenoxy) is 1. The molecule has 2 aromatic carbocycles. The Kier molecular flexibility index (Phi) is 6.30. The summed E-state index contributed by atoms with van der Waals surface area (Å²) in [5.41, 5.74) is 0.781. The predicted octanol–water partition coefficient (Wildman–Crippen LogP) is 2.24. The van der Waals surface area contributed by atoms with Crippen molar-refractivity contribution in [3.63, 3.8) is 0 Å². The fraction of sp³-hybridized carbons (Fsp3) is 0.294. The van der Waals surface area contributed by atoms with Gasteiger partial charge in [0, 0.05) is 13.1 Å². The van der Waals surface area contributed by atoms with E-state index in [9.17, 15) is 12.8 Å². The molecular formula is C17H21FN2O3S. The first-order chi connectivity index (χ1) is 11.4. The normalized spacial score (nSPS) is 11.7. The Labute approximate surface area is 142 Å². The fourth-order valence-electron chi connectivity index (χ4n) is 1.97. The molecule has 7 heteroatoms. The predicted molar refractivity (Wildman–Crippen MR) is 90.9 cm³/mol. The van der Waals surface area contributed by atoms with Gasteiger partial charge >= 0.3 is 0 Å². The number of halogens is 1. The van der Waals surface area contributed by atoms with Crippen LogP contribution in [0.2, 0.25) is 0 Å². The molecule has 0 saturated heterocycles. The molecule has 0 aromatic heterocycles. The van der Waals surface area contributed by atoms with Crippen molar-refractivity contribution in [3.05, 3.63) is 59.9 Å². The molecule has 1 N–H and O–H groups in total. The lowest BCUT2D eigenvalue weighted by Gasteiger charge is -2.12. The molecule has 0 spiro atoms. The van der Waals surface area contributed by atoms with Crippen LogP contribution in [-0.4, -0.2) is 40.6 Å². The summed E-state index contributed by atoms with van der Waals surface area (Å²) in [6.07, 6.45) is 0. The van der Waals surface area contributed by atoms with Gasteiger partial charge in [-0.3, -0.25) is 0 Å². The fourth-order valence-corrected chi connectivity index (χ4v) is 2.98. The summed E-state index contributed by atoms with van der Waals surface area (Å²) in [6, 6.07) is 12.0. The largest absolute Gasteiger partial charge is 0.492 e. The van der Waals surface area contributed by atoms with Crippen molar-refractivity contribution in [1.82, 2.24) is 9.62 Å². The van der Waals surface area contributed by atoms with Crippen LogP contribution in [0.25, 0.3) is 0 Å². The molecular weight excluding hydrogens is 331 g/mol. The second kappa shape index (κ2) is 8.23. The molecule has 2 rings (SSSR count). The second-order valence-corrected chi connectivity index (χ2v) is 7.34. The van der Waals surface area contributed by atoms with Crippen molar-refractivity contribution in [3.8, 4) is 5.75 Å². The molecule has 0 aliphatic heterocycles. The maximum Gasteiger partial charge on any atom is 0.240 e. The summed E-state index contributed by atoms with van der Waals surface area (Å²) in [6.45, 7) is 1.48. The average Bonchev–Trinajstić information content (AvgIpc) is 2.54. The number of hydrogen-bond acceptors (Lipinski definition) is 4. The summed E-state index contributed by atoms with van der Waals surface area (Å²) in [5, 5.41) is 0. The number of nitrogens with one attached hydrogen (secondary N) is 1. The van der Waals surface area contributed by atoms with Crippen LogP contribution in [0, 0.1) is 5.82 Å². The first-order valence-electron chi connectivity index (χ1n) is 7.48. The van der Waals surface area contributed by atoms with Gasteiger partial charge in [0.2, 0.25) is 10.0 Å². The van der Waals surface area contributed by atoms with Crippen LogP contribution in [0.3, 0.4) is 0 Å². The number of nitrogens with zero attached hydrogens (tertiary/aromatic N) is 1. The van der Waals surface area contributed by atoms with Crippen LogP contribution >= 0.6 is 0 Å². The van der Waals surface area contributed by atoms with Gasteiger partial charge in [0.05, 0.1) is 4.90 Å². The average molecular weight is 352 g/mol. The molecule has 0 unspecified atom stereocenters. The topological polar surface area (TPSA) is 58.6 Å². The molecule has 5 nitrogen and oxygen atoms in total. The number of benzene rings is 2. The van der Waals surface area contributed by atoms with Crippen LogP contribution in [0.5, 0.6) is 5.75 Å². The number of rotatable bonds is 8. The first kappa shape index (κ1) is 18.4. The van der Waals surface area contributed by atoms with Crippen molar-refractivity contribution in [2.75, 3.05) is 27.2 Å². The number of sulfonamides is 1. The Balaban J connectivity index is 1.97. The van der Waals surface area contributed by atoms with Gasteiger partial charge in [0.15, 0.2) is 0 Å². The van der Waals surface area contributed by atoms with Gasteiger partial charge < -0.3 is 9.64 Å². The molecule has 0 heterocycles. The summed E-state index contributed by atoms with van der Waals surface area (Å²) >= 11 is 0. The molecule has 130 valence electrons. The highest BCUT2D eigenvalue weighted by molar-refractivity contribution is 7.89. The molecule has 2 aromatic rings. The third-order valence-electron chi connectivity index (χ3n) is 3.30. The Morgan fingerprint density at radius 1 is 1.12 bits per heavy atom. The molecule has 0 aliphatic carbocycles. The third kappa shape index (κ3) is 5.59. The Morgan fingerprint density at radius 3 is 2.50 bits per heavy atom. The van der Waals surface area contributed by atoms with Crippen LogP contribution in [0.4, 0.5) is 4.39 Å². The Bertz CT molecular complexity index is 762. The van der Waals surface area contributed by atoms with Crippen LogP contribution in [0.1, 0.15) is 5.56 Å². The van der Waals surface area contributed by atoms with Gasteiger partial charge in [-0.25, -0.2) is 17.5 Å². The highest BCUT2D eigenvalue weighted by Crippen LogP contribution is 2.15. The summed E-state index contributed by atoms with van der Waals surface area (Å²) in [5.74, 6) is 0.215. The van der Waals surface area contributed by atoms with E-state index in [1.165, 1.54) is 12.1 Å². The van der Waals surface area contributed by atoms with Crippen LogP contribution in [0.15, 0.2) is 53.4 Å². The van der Waals surface area contributed by atoms with Crippen molar-refractivity contribution in [2.24, 2.45) is 0 Å². The lowest BCUT2D eigenvalue weighted by molar-refractivity contribution is 0.261. The minimum Gasteiger partial charge on any atom is -0.492 e. The molecule has 24 heavy (non-hydrogen) atoms. The summed E-state index contributed by atoms with van der Waals surface area (Å²) < 4.78 is 45.4. The standard InChI is InChI=1S/C17H21FN2O3S/c1-20(2)10-11-23-16-5-3-4-14(12-16)13-19-24(21,22)17-8-6-15(18)7-9-17/h3-9,12,19H,10-11,13H2,1-2H3. The van der Waals surface area contributed by atoms with E-state index in [1.807, 2.05) is 37.2 Å². The monoisotopic (exact) mass is 352 g/mol. The van der Waals surface area contributed by atoms with E-state index in [0.29, 0.717) is 12.4 Å². The summed E-state index contributed by atoms with van der Waals surface area (Å²) in [7, 11) is 0.244. The van der Waals surface area contributed by atoms with E-state index < -0.39 is 15.8 Å². The zero-order chi connectivity index (χ0) is 17.6. The molecule has 0 radical (unpaired) electrons. The molecule has 0 saturated carbocycles. The zero-order valence-electron chi connectivity index (χ0n) is 13.7. The summed E-state index contributed by atoms with van der Waals surface area (Å²) in [4.78, 5) is 2.04. The Hall–Kier alpha value is -1.96. The van der Waals surface area contributed by atoms with E-state index in [1.54, 1.807) is 6.07 Å². The van der Waals surface area contributed by atoms with Crippen molar-refractivity contribution < 1.29 is 17.5 Å². The second-order valence-electron chi connectivity index (χ2n) is 5.58. The highest BCUT2D eigenvalue weighted by atomic mass is 32.2. The third-order valence-corrected chi connectivity index (χ3v) is 4.71. The van der Waals surface area contributed by atoms with E-state index in [4.69, 9.17) is 4.74 Å². The van der Waals surface area contributed by atoms with Gasteiger partial charge in [-0.1, -0.05) is 12.1 Å². The lowest BCUT2D eigenvalue weighted by atomic mass is 10.2. The van der Waals surface area contributed by atoms with Gasteiger partial charge in [0.1, 0.15) is 18.2 Å². The Morgan fingerprint density at radius 2 is 1.83 bits per heavy atom. The maximum absolute atomic E-state index is 12.9. The highest BCUT2D eigenvalue weighted by Gasteiger charge is 2.13. The first-order valence-corrected chi connectivity index (χ1v) is 8.97. The minimum atomic E-state index is -3.68. The minimum absolute atomic E-state index is 0.0299. The lowest BCUT2D eigenvalue weighted by Crippen LogP contribution is -2.23. The van der Waals surface area contributed by atoms with E-state index >= 15 is 0 Å². The SMILES string of the molecule is CN(C)CCOc1cccc(CNS(=O)(=O)c2ccc(F)cc2)c1. The number of likely N-dealkylation sites (N-methyl/N-ethyl adjacent to an activating group) is 1. The van der Waals surface area contributed by atoms with Crippen LogP contribution < -0.4 is 9.46 Å². The quantitative estimate of drug-likeness (QED) is 0.792. The van der Waals surface area contributed by atoms with Crippen molar-refractivity contribution >= 4 is 10.0 Å². The van der Waals surface area contributed by atoms with Crippen molar-refractivity contribution in [2.45, 2.75) is 11.4 Å². The molecule has 0 bridgehead atoms. The zero-order valence-corrected chi connectivity index (χ0v) is 14.5. The van der Waals surface area contributed by atoms with E-state index in [2.05, 4.69) is 4.72 Å². The number of hydrogen-bond donors (Lipinski definition) is 1. The van der Waals surface area contributed by atoms with Gasteiger partial charge in [0.25, 0.3) is 0 Å².